The number of aryl methyl sites for hydroxylation is 1. The normalized spacial score (nSPS) is 18.3. The lowest BCUT2D eigenvalue weighted by Crippen LogP contribution is -2.19. The minimum absolute atomic E-state index is 0.175. The van der Waals surface area contributed by atoms with Crippen molar-refractivity contribution in [3.63, 3.8) is 0 Å². The summed E-state index contributed by atoms with van der Waals surface area (Å²) in [4.78, 5) is 2.30. The van der Waals surface area contributed by atoms with Gasteiger partial charge >= 0.3 is 0 Å². The van der Waals surface area contributed by atoms with Crippen molar-refractivity contribution < 1.29 is 13.2 Å². The number of furan rings is 1. The zero-order valence-corrected chi connectivity index (χ0v) is 13.4. The van der Waals surface area contributed by atoms with E-state index in [1.807, 2.05) is 19.1 Å². The lowest BCUT2D eigenvalue weighted by Gasteiger charge is -2.12. The van der Waals surface area contributed by atoms with Crippen molar-refractivity contribution >= 4 is 0 Å². The highest BCUT2D eigenvalue weighted by Gasteiger charge is 2.29. The number of benzene rings is 1. The van der Waals surface area contributed by atoms with Crippen LogP contribution in [0, 0.1) is 12.7 Å². The van der Waals surface area contributed by atoms with Crippen molar-refractivity contribution in [2.45, 2.75) is 25.8 Å². The molecule has 1 unspecified atom stereocenters. The van der Waals surface area contributed by atoms with Crippen LogP contribution in [0.3, 0.4) is 0 Å². The predicted molar refractivity (Wildman–Crippen MR) is 85.8 cm³/mol. The lowest BCUT2D eigenvalue weighted by atomic mass is 10.1. The van der Waals surface area contributed by atoms with Crippen LogP contribution in [-0.4, -0.2) is 28.2 Å². The minimum atomic E-state index is -0.353. The summed E-state index contributed by atoms with van der Waals surface area (Å²) in [6, 6.07) is 10.4. The van der Waals surface area contributed by atoms with Crippen LogP contribution in [0.25, 0.3) is 11.5 Å². The number of aromatic nitrogens is 2. The zero-order valence-electron chi connectivity index (χ0n) is 13.4. The van der Waals surface area contributed by atoms with Crippen molar-refractivity contribution in [1.82, 2.24) is 15.1 Å². The first-order valence-electron chi connectivity index (χ1n) is 8.05. The second-order valence-corrected chi connectivity index (χ2v) is 6.16. The second-order valence-electron chi connectivity index (χ2n) is 6.16. The van der Waals surface area contributed by atoms with Crippen LogP contribution in [0.2, 0.25) is 0 Å². The van der Waals surface area contributed by atoms with Gasteiger partial charge in [-0.15, -0.1) is 10.2 Å². The molecule has 24 heavy (non-hydrogen) atoms. The van der Waals surface area contributed by atoms with E-state index in [1.165, 1.54) is 6.07 Å². The maximum atomic E-state index is 13.8. The van der Waals surface area contributed by atoms with E-state index in [4.69, 9.17) is 8.83 Å². The Morgan fingerprint density at radius 3 is 2.83 bits per heavy atom. The molecule has 4 rings (SSSR count). The molecule has 0 spiro atoms. The molecule has 1 aliphatic heterocycles. The van der Waals surface area contributed by atoms with Crippen LogP contribution < -0.4 is 0 Å². The summed E-state index contributed by atoms with van der Waals surface area (Å²) in [5.41, 5.74) is 0.345. The Labute approximate surface area is 139 Å². The quantitative estimate of drug-likeness (QED) is 0.730. The Hall–Kier alpha value is -2.47. The molecule has 124 valence electrons. The van der Waals surface area contributed by atoms with Gasteiger partial charge in [0.2, 0.25) is 5.89 Å². The van der Waals surface area contributed by atoms with Gasteiger partial charge in [0.15, 0.2) is 0 Å². The summed E-state index contributed by atoms with van der Waals surface area (Å²) >= 11 is 0. The Morgan fingerprint density at radius 2 is 2.04 bits per heavy atom. The Balaban J connectivity index is 1.45. The van der Waals surface area contributed by atoms with Gasteiger partial charge in [-0.3, -0.25) is 4.90 Å². The molecule has 5 nitrogen and oxygen atoms in total. The average molecular weight is 327 g/mol. The maximum absolute atomic E-state index is 13.8. The Kier molecular flexibility index (Phi) is 3.90. The molecule has 3 heterocycles. The highest BCUT2D eigenvalue weighted by Crippen LogP contribution is 2.30. The van der Waals surface area contributed by atoms with E-state index in [-0.39, 0.29) is 17.6 Å². The van der Waals surface area contributed by atoms with Crippen molar-refractivity contribution in [3.05, 3.63) is 59.6 Å². The molecular weight excluding hydrogens is 309 g/mol. The highest BCUT2D eigenvalue weighted by atomic mass is 19.1. The van der Waals surface area contributed by atoms with Crippen molar-refractivity contribution in [3.8, 4) is 11.5 Å². The van der Waals surface area contributed by atoms with E-state index >= 15 is 0 Å². The number of rotatable bonds is 4. The number of likely N-dealkylation sites (tertiary alicyclic amines) is 1. The molecule has 1 atom stereocenters. The molecule has 3 aromatic rings. The van der Waals surface area contributed by atoms with Crippen LogP contribution in [0.5, 0.6) is 0 Å². The van der Waals surface area contributed by atoms with Crippen molar-refractivity contribution in [2.75, 3.05) is 13.1 Å². The monoisotopic (exact) mass is 327 g/mol. The molecule has 0 aliphatic carbocycles. The molecule has 0 saturated carbocycles. The van der Waals surface area contributed by atoms with Gasteiger partial charge in [0.25, 0.3) is 5.89 Å². The smallest absolute Gasteiger partial charge is 0.250 e. The molecule has 1 saturated heterocycles. The Morgan fingerprint density at radius 1 is 1.17 bits per heavy atom. The number of nitrogens with zero attached hydrogens (tertiary/aromatic N) is 3. The second kappa shape index (κ2) is 6.20. The van der Waals surface area contributed by atoms with Crippen LogP contribution in [-0.2, 0) is 6.54 Å². The number of halogens is 1. The van der Waals surface area contributed by atoms with Crippen LogP contribution >= 0.6 is 0 Å². The van der Waals surface area contributed by atoms with E-state index < -0.39 is 0 Å². The molecule has 0 radical (unpaired) electrons. The summed E-state index contributed by atoms with van der Waals surface area (Å²) in [6.45, 7) is 4.50. The fourth-order valence-electron chi connectivity index (χ4n) is 3.11. The van der Waals surface area contributed by atoms with Gasteiger partial charge in [0.05, 0.1) is 18.0 Å². The van der Waals surface area contributed by atoms with E-state index in [0.29, 0.717) is 11.5 Å². The summed E-state index contributed by atoms with van der Waals surface area (Å²) in [6.07, 6.45) is 0.943. The number of hydrogen-bond donors (Lipinski definition) is 0. The summed E-state index contributed by atoms with van der Waals surface area (Å²) in [5, 5.41) is 8.14. The zero-order chi connectivity index (χ0) is 16.5. The van der Waals surface area contributed by atoms with Gasteiger partial charge in [-0.1, -0.05) is 12.1 Å². The molecule has 6 heteroatoms. The topological polar surface area (TPSA) is 55.3 Å². The molecule has 0 N–H and O–H groups in total. The van der Waals surface area contributed by atoms with Gasteiger partial charge in [-0.05, 0) is 44.2 Å². The van der Waals surface area contributed by atoms with Crippen molar-refractivity contribution in [2.24, 2.45) is 0 Å². The fraction of sp³-hybridized carbons (Fsp3) is 0.333. The summed E-state index contributed by atoms with van der Waals surface area (Å²) in [5.74, 6) is 2.52. The van der Waals surface area contributed by atoms with Crippen LogP contribution in [0.4, 0.5) is 4.39 Å². The predicted octanol–water partition coefficient (Wildman–Crippen LogP) is 3.77. The Bertz CT molecular complexity index is 842. The fourth-order valence-corrected chi connectivity index (χ4v) is 3.11. The largest absolute Gasteiger partial charge is 0.465 e. The SMILES string of the molecule is Cc1ccc(CN2CCC(c3nnc(-c4ccccc4F)o3)C2)o1. The third-order valence-electron chi connectivity index (χ3n) is 4.34. The number of hydrogen-bond acceptors (Lipinski definition) is 5. The molecule has 1 fully saturated rings. The summed E-state index contributed by atoms with van der Waals surface area (Å²) in [7, 11) is 0. The minimum Gasteiger partial charge on any atom is -0.465 e. The van der Waals surface area contributed by atoms with E-state index in [0.717, 1.165) is 37.6 Å². The van der Waals surface area contributed by atoms with E-state index in [1.54, 1.807) is 18.2 Å². The standard InChI is InChI=1S/C18H18FN3O2/c1-12-6-7-14(23-12)11-22-9-8-13(10-22)17-20-21-18(24-17)15-4-2-3-5-16(15)19/h2-7,13H,8-11H2,1H3. The molecule has 1 aromatic carbocycles. The molecule has 2 aromatic heterocycles. The third-order valence-corrected chi connectivity index (χ3v) is 4.34. The first-order valence-corrected chi connectivity index (χ1v) is 8.05. The molecule has 0 amide bonds. The van der Waals surface area contributed by atoms with Gasteiger partial charge in [-0.25, -0.2) is 4.39 Å². The first-order chi connectivity index (χ1) is 11.7. The first kappa shape index (κ1) is 15.1. The molecular formula is C18H18FN3O2. The van der Waals surface area contributed by atoms with Gasteiger partial charge in [0.1, 0.15) is 17.3 Å². The van der Waals surface area contributed by atoms with Gasteiger partial charge < -0.3 is 8.83 Å². The molecule has 0 bridgehead atoms. The third kappa shape index (κ3) is 2.97. The van der Waals surface area contributed by atoms with Gasteiger partial charge in [0, 0.05) is 6.54 Å². The van der Waals surface area contributed by atoms with E-state index in [2.05, 4.69) is 15.1 Å². The lowest BCUT2D eigenvalue weighted by molar-refractivity contribution is 0.287. The van der Waals surface area contributed by atoms with Crippen LogP contribution in [0.15, 0.2) is 45.2 Å². The van der Waals surface area contributed by atoms with Gasteiger partial charge in [-0.2, -0.15) is 0 Å². The summed E-state index contributed by atoms with van der Waals surface area (Å²) < 4.78 is 25.2. The molecule has 1 aliphatic rings. The van der Waals surface area contributed by atoms with Crippen LogP contribution in [0.1, 0.15) is 29.7 Å². The van der Waals surface area contributed by atoms with Crippen molar-refractivity contribution in [1.29, 1.82) is 0 Å². The van der Waals surface area contributed by atoms with E-state index in [9.17, 15) is 4.39 Å². The maximum Gasteiger partial charge on any atom is 0.250 e. The average Bonchev–Trinajstić information content (AvgIpc) is 3.29. The highest BCUT2D eigenvalue weighted by molar-refractivity contribution is 5.53.